The Morgan fingerprint density at radius 1 is 1.24 bits per heavy atom. The molecule has 1 fully saturated rings. The van der Waals surface area contributed by atoms with E-state index in [2.05, 4.69) is 23.7 Å². The fraction of sp³-hybridized carbons (Fsp3) is 0.286. The average Bonchev–Trinajstić information content (AvgIpc) is 3.00. The highest BCUT2D eigenvalue weighted by Crippen LogP contribution is 2.23. The maximum Gasteiger partial charge on any atom is 0.144 e. The molecule has 1 saturated carbocycles. The first-order valence-electron chi connectivity index (χ1n) is 8.77. The number of pyridine rings is 1. The number of aliphatic hydroxyl groups excluding tert-OH is 1. The van der Waals surface area contributed by atoms with E-state index >= 15 is 0 Å². The van der Waals surface area contributed by atoms with E-state index < -0.39 is 0 Å². The summed E-state index contributed by atoms with van der Waals surface area (Å²) in [6.07, 6.45) is 9.07. The van der Waals surface area contributed by atoms with Gasteiger partial charge in [0.15, 0.2) is 0 Å². The smallest absolute Gasteiger partial charge is 0.144 e. The van der Waals surface area contributed by atoms with Crippen LogP contribution in [0.5, 0.6) is 0 Å². The molecule has 3 aromatic rings. The number of rotatable bonds is 6. The van der Waals surface area contributed by atoms with Gasteiger partial charge in [-0.2, -0.15) is 0 Å². The third-order valence-electron chi connectivity index (χ3n) is 4.86. The maximum atomic E-state index is 9.45. The topological polar surface area (TPSA) is 47.3 Å². The zero-order chi connectivity index (χ0) is 17.2. The molecule has 0 bridgehead atoms. The van der Waals surface area contributed by atoms with Gasteiger partial charge in [-0.15, -0.1) is 0 Å². The van der Waals surface area contributed by atoms with Gasteiger partial charge in [-0.05, 0) is 67.6 Å². The summed E-state index contributed by atoms with van der Waals surface area (Å²) < 4.78 is 7.89. The molecule has 0 atom stereocenters. The van der Waals surface area contributed by atoms with E-state index in [4.69, 9.17) is 4.74 Å². The fourth-order valence-corrected chi connectivity index (χ4v) is 3.11. The van der Waals surface area contributed by atoms with Crippen LogP contribution in [0.4, 0.5) is 0 Å². The van der Waals surface area contributed by atoms with Crippen LogP contribution in [0, 0.1) is 0 Å². The van der Waals surface area contributed by atoms with E-state index in [0.29, 0.717) is 6.10 Å². The predicted octanol–water partition coefficient (Wildman–Crippen LogP) is 4.67. The largest absolute Gasteiger partial charge is 0.508 e. The molecule has 4 nitrogen and oxygen atoms in total. The number of hydrogen-bond donors (Lipinski definition) is 1. The molecule has 4 heteroatoms. The molecule has 2 aromatic heterocycles. The maximum absolute atomic E-state index is 9.45. The van der Waals surface area contributed by atoms with E-state index in [0.717, 1.165) is 35.3 Å². The molecular formula is C21H22N2O2. The van der Waals surface area contributed by atoms with Crippen LogP contribution in [0.25, 0.3) is 22.5 Å². The van der Waals surface area contributed by atoms with Crippen molar-refractivity contribution in [3.63, 3.8) is 0 Å². The summed E-state index contributed by atoms with van der Waals surface area (Å²) in [5.74, 6) is 0.0794. The van der Waals surface area contributed by atoms with Crippen LogP contribution in [0.2, 0.25) is 0 Å². The van der Waals surface area contributed by atoms with Crippen LogP contribution < -0.4 is 0 Å². The number of aliphatic hydroxyl groups is 1. The summed E-state index contributed by atoms with van der Waals surface area (Å²) in [6, 6.07) is 11.9. The lowest BCUT2D eigenvalue weighted by atomic mass is 9.96. The number of hydrogen-bond acceptors (Lipinski definition) is 3. The molecule has 4 rings (SSSR count). The molecule has 25 heavy (non-hydrogen) atoms. The number of benzene rings is 1. The van der Waals surface area contributed by atoms with E-state index in [1.807, 2.05) is 41.2 Å². The molecule has 2 heterocycles. The van der Waals surface area contributed by atoms with Gasteiger partial charge in [-0.25, -0.2) is 4.98 Å². The van der Waals surface area contributed by atoms with Gasteiger partial charge >= 0.3 is 0 Å². The van der Waals surface area contributed by atoms with Crippen molar-refractivity contribution in [2.45, 2.75) is 31.8 Å². The first-order chi connectivity index (χ1) is 12.2. The lowest BCUT2D eigenvalue weighted by molar-refractivity contribution is 0.00412. The van der Waals surface area contributed by atoms with Crippen molar-refractivity contribution in [3.8, 4) is 5.69 Å². The Balaban J connectivity index is 1.51. The molecule has 1 N–H and O–H groups in total. The molecule has 128 valence electrons. The Kier molecular flexibility index (Phi) is 4.28. The van der Waals surface area contributed by atoms with Crippen molar-refractivity contribution in [2.75, 3.05) is 6.61 Å². The Morgan fingerprint density at radius 3 is 2.72 bits per heavy atom. The van der Waals surface area contributed by atoms with Gasteiger partial charge in [0.1, 0.15) is 11.4 Å². The zero-order valence-corrected chi connectivity index (χ0v) is 14.2. The summed E-state index contributed by atoms with van der Waals surface area (Å²) in [7, 11) is 0. The van der Waals surface area contributed by atoms with Gasteiger partial charge in [0.05, 0.1) is 12.7 Å². The molecular weight excluding hydrogens is 312 g/mol. The number of nitrogens with zero attached hydrogens (tertiary/aromatic N) is 2. The molecule has 0 radical (unpaired) electrons. The Morgan fingerprint density at radius 2 is 2.04 bits per heavy atom. The number of ether oxygens (including phenoxy) is 1. The van der Waals surface area contributed by atoms with Crippen LogP contribution in [0.3, 0.4) is 0 Å². The van der Waals surface area contributed by atoms with Crippen molar-refractivity contribution in [3.05, 3.63) is 66.5 Å². The molecule has 1 aliphatic carbocycles. The Bertz CT molecular complexity index is 892. The van der Waals surface area contributed by atoms with Crippen molar-refractivity contribution < 1.29 is 9.84 Å². The van der Waals surface area contributed by atoms with E-state index in [1.165, 1.54) is 24.8 Å². The highest BCUT2D eigenvalue weighted by molar-refractivity contribution is 5.78. The minimum atomic E-state index is 0.0794. The van der Waals surface area contributed by atoms with Crippen LogP contribution in [-0.2, 0) is 11.2 Å². The third kappa shape index (κ3) is 3.30. The monoisotopic (exact) mass is 334 g/mol. The molecule has 0 spiro atoms. The summed E-state index contributed by atoms with van der Waals surface area (Å²) >= 11 is 0. The molecule has 0 amide bonds. The Hall–Kier alpha value is -2.59. The average molecular weight is 334 g/mol. The normalized spacial score (nSPS) is 14.6. The SMILES string of the molecule is C=C(O)c1ccc(-n2ccc3cc(CCOC4CCC4)cnc32)cc1. The molecule has 1 aromatic carbocycles. The van der Waals surface area contributed by atoms with Crippen molar-refractivity contribution in [1.29, 1.82) is 0 Å². The number of fused-ring (bicyclic) bond motifs is 1. The summed E-state index contributed by atoms with van der Waals surface area (Å²) in [5, 5.41) is 10.6. The highest BCUT2D eigenvalue weighted by atomic mass is 16.5. The van der Waals surface area contributed by atoms with Gasteiger partial charge < -0.3 is 14.4 Å². The standard InChI is InChI=1S/C21H22N2O2/c1-15(24)17-5-7-19(8-6-17)23-11-9-18-13-16(14-22-21(18)23)10-12-25-20-3-2-4-20/h5-9,11,13-14,20,24H,1-4,10,12H2. The molecule has 1 aliphatic rings. The van der Waals surface area contributed by atoms with Gasteiger partial charge in [0.2, 0.25) is 0 Å². The highest BCUT2D eigenvalue weighted by Gasteiger charge is 2.17. The third-order valence-corrected chi connectivity index (χ3v) is 4.86. The van der Waals surface area contributed by atoms with Gasteiger partial charge in [-0.1, -0.05) is 6.58 Å². The Labute approximate surface area is 147 Å². The first-order valence-corrected chi connectivity index (χ1v) is 8.77. The second kappa shape index (κ2) is 6.73. The summed E-state index contributed by atoms with van der Waals surface area (Å²) in [5.41, 5.74) is 3.87. The van der Waals surface area contributed by atoms with Crippen LogP contribution in [0.15, 0.2) is 55.4 Å². The predicted molar refractivity (Wildman–Crippen MR) is 100 cm³/mol. The fourth-order valence-electron chi connectivity index (χ4n) is 3.11. The number of aromatic nitrogens is 2. The van der Waals surface area contributed by atoms with Crippen LogP contribution in [0.1, 0.15) is 30.4 Å². The van der Waals surface area contributed by atoms with E-state index in [-0.39, 0.29) is 5.76 Å². The van der Waals surface area contributed by atoms with Crippen molar-refractivity contribution in [2.24, 2.45) is 0 Å². The second-order valence-corrected chi connectivity index (χ2v) is 6.61. The first kappa shape index (κ1) is 15.9. The summed E-state index contributed by atoms with van der Waals surface area (Å²) in [4.78, 5) is 4.65. The lowest BCUT2D eigenvalue weighted by Gasteiger charge is -2.25. The van der Waals surface area contributed by atoms with E-state index in [9.17, 15) is 5.11 Å². The lowest BCUT2D eigenvalue weighted by Crippen LogP contribution is -2.22. The second-order valence-electron chi connectivity index (χ2n) is 6.61. The van der Waals surface area contributed by atoms with Gasteiger partial charge in [0, 0.05) is 29.0 Å². The molecule has 0 saturated heterocycles. The van der Waals surface area contributed by atoms with Gasteiger partial charge in [-0.3, -0.25) is 0 Å². The molecule has 0 aliphatic heterocycles. The summed E-state index contributed by atoms with van der Waals surface area (Å²) in [6.45, 7) is 4.32. The van der Waals surface area contributed by atoms with Crippen LogP contribution >= 0.6 is 0 Å². The zero-order valence-electron chi connectivity index (χ0n) is 14.2. The van der Waals surface area contributed by atoms with Crippen LogP contribution in [-0.4, -0.2) is 27.4 Å². The minimum Gasteiger partial charge on any atom is -0.508 e. The quantitative estimate of drug-likeness (QED) is 0.667. The van der Waals surface area contributed by atoms with E-state index in [1.54, 1.807) is 0 Å². The minimum absolute atomic E-state index is 0.0794. The van der Waals surface area contributed by atoms with Crippen molar-refractivity contribution >= 4 is 16.8 Å². The van der Waals surface area contributed by atoms with Crippen molar-refractivity contribution in [1.82, 2.24) is 9.55 Å². The van der Waals surface area contributed by atoms with Gasteiger partial charge in [0.25, 0.3) is 0 Å². The molecule has 0 unspecified atom stereocenters.